The van der Waals surface area contributed by atoms with Gasteiger partial charge in [-0.05, 0) is 33.0 Å². The van der Waals surface area contributed by atoms with Crippen molar-refractivity contribution in [3.63, 3.8) is 0 Å². The molecular formula is C14H23N5O2. The lowest BCUT2D eigenvalue weighted by molar-refractivity contribution is 0.0853. The molecule has 0 saturated carbocycles. The van der Waals surface area contributed by atoms with Gasteiger partial charge in [-0.1, -0.05) is 0 Å². The Morgan fingerprint density at radius 1 is 1.52 bits per heavy atom. The minimum atomic E-state index is -0.191. The van der Waals surface area contributed by atoms with Gasteiger partial charge < -0.3 is 20.3 Å². The number of likely N-dealkylation sites (N-methyl/N-ethyl adjacent to an activating group) is 1. The zero-order valence-corrected chi connectivity index (χ0v) is 12.6. The van der Waals surface area contributed by atoms with Crippen molar-refractivity contribution >= 4 is 11.9 Å². The number of amides is 1. The van der Waals surface area contributed by atoms with Crippen molar-refractivity contribution in [2.45, 2.75) is 18.9 Å². The van der Waals surface area contributed by atoms with Gasteiger partial charge >= 0.3 is 0 Å². The van der Waals surface area contributed by atoms with Crippen LogP contribution in [0.4, 0.5) is 5.95 Å². The van der Waals surface area contributed by atoms with Crippen LogP contribution in [-0.4, -0.2) is 67.2 Å². The molecule has 7 nitrogen and oxygen atoms in total. The minimum Gasteiger partial charge on any atom is -0.376 e. The number of hydrogen-bond acceptors (Lipinski definition) is 6. The lowest BCUT2D eigenvalue weighted by Gasteiger charge is -2.12. The first-order chi connectivity index (χ1) is 10.1. The van der Waals surface area contributed by atoms with Crippen LogP contribution in [0.15, 0.2) is 12.3 Å². The quantitative estimate of drug-likeness (QED) is 0.755. The van der Waals surface area contributed by atoms with E-state index in [9.17, 15) is 4.79 Å². The van der Waals surface area contributed by atoms with E-state index in [2.05, 4.69) is 25.5 Å². The Kier molecular flexibility index (Phi) is 5.89. The van der Waals surface area contributed by atoms with Crippen molar-refractivity contribution < 1.29 is 9.53 Å². The fourth-order valence-electron chi connectivity index (χ4n) is 2.06. The van der Waals surface area contributed by atoms with Gasteiger partial charge in [0.05, 0.1) is 6.10 Å². The van der Waals surface area contributed by atoms with Gasteiger partial charge in [-0.3, -0.25) is 4.79 Å². The number of anilines is 1. The third kappa shape index (κ3) is 5.28. The maximum Gasteiger partial charge on any atom is 0.270 e. The average Bonchev–Trinajstić information content (AvgIpc) is 2.98. The molecule has 1 unspecified atom stereocenters. The van der Waals surface area contributed by atoms with Gasteiger partial charge in [-0.2, -0.15) is 0 Å². The summed E-state index contributed by atoms with van der Waals surface area (Å²) in [5.74, 6) is 0.283. The SMILES string of the molecule is CN(C)CCNc1nccc(C(=O)NCC2CCCO2)n1. The molecule has 2 rings (SSSR count). The molecule has 1 fully saturated rings. The molecule has 1 amide bonds. The molecule has 2 heterocycles. The lowest BCUT2D eigenvalue weighted by atomic mass is 10.2. The first kappa shape index (κ1) is 15.7. The fourth-order valence-corrected chi connectivity index (χ4v) is 2.06. The van der Waals surface area contributed by atoms with Crippen molar-refractivity contribution in [2.24, 2.45) is 0 Å². The monoisotopic (exact) mass is 293 g/mol. The summed E-state index contributed by atoms with van der Waals surface area (Å²) in [6.45, 7) is 2.92. The third-order valence-electron chi connectivity index (χ3n) is 3.24. The largest absolute Gasteiger partial charge is 0.376 e. The van der Waals surface area contributed by atoms with Crippen LogP contribution in [0.5, 0.6) is 0 Å². The highest BCUT2D eigenvalue weighted by Crippen LogP contribution is 2.10. The number of carbonyl (C=O) groups is 1. The van der Waals surface area contributed by atoms with Gasteiger partial charge in [0.15, 0.2) is 0 Å². The summed E-state index contributed by atoms with van der Waals surface area (Å²) in [5.41, 5.74) is 0.371. The number of rotatable bonds is 7. The van der Waals surface area contributed by atoms with Gasteiger partial charge in [0.2, 0.25) is 5.95 Å². The maximum atomic E-state index is 12.0. The van der Waals surface area contributed by atoms with E-state index in [1.807, 2.05) is 14.1 Å². The number of nitrogens with zero attached hydrogens (tertiary/aromatic N) is 3. The number of carbonyl (C=O) groups excluding carboxylic acids is 1. The normalized spacial score (nSPS) is 18.0. The second-order valence-corrected chi connectivity index (χ2v) is 5.34. The molecule has 0 spiro atoms. The van der Waals surface area contributed by atoms with E-state index in [0.717, 1.165) is 32.5 Å². The maximum absolute atomic E-state index is 12.0. The zero-order chi connectivity index (χ0) is 15.1. The topological polar surface area (TPSA) is 79.4 Å². The molecule has 0 bridgehead atoms. The average molecular weight is 293 g/mol. The summed E-state index contributed by atoms with van der Waals surface area (Å²) < 4.78 is 5.47. The molecule has 0 aromatic carbocycles. The van der Waals surface area contributed by atoms with Crippen LogP contribution >= 0.6 is 0 Å². The second kappa shape index (κ2) is 7.90. The summed E-state index contributed by atoms with van der Waals surface area (Å²) in [6, 6.07) is 1.61. The van der Waals surface area contributed by atoms with E-state index in [1.54, 1.807) is 12.3 Å². The van der Waals surface area contributed by atoms with E-state index in [1.165, 1.54) is 0 Å². The van der Waals surface area contributed by atoms with Gasteiger partial charge in [-0.25, -0.2) is 9.97 Å². The molecule has 1 atom stereocenters. The molecule has 1 aliphatic heterocycles. The van der Waals surface area contributed by atoms with Crippen LogP contribution in [0.25, 0.3) is 0 Å². The Morgan fingerprint density at radius 2 is 2.38 bits per heavy atom. The summed E-state index contributed by atoms with van der Waals surface area (Å²) in [6.07, 6.45) is 3.79. The van der Waals surface area contributed by atoms with Crippen molar-refractivity contribution in [2.75, 3.05) is 45.7 Å². The first-order valence-electron chi connectivity index (χ1n) is 7.26. The van der Waals surface area contributed by atoms with Gasteiger partial charge in [-0.15, -0.1) is 0 Å². The Hall–Kier alpha value is -1.73. The summed E-state index contributed by atoms with van der Waals surface area (Å²) in [7, 11) is 4.00. The molecule has 116 valence electrons. The van der Waals surface area contributed by atoms with E-state index in [-0.39, 0.29) is 12.0 Å². The van der Waals surface area contributed by atoms with E-state index >= 15 is 0 Å². The number of hydrogen-bond donors (Lipinski definition) is 2. The molecular weight excluding hydrogens is 270 g/mol. The zero-order valence-electron chi connectivity index (χ0n) is 12.6. The second-order valence-electron chi connectivity index (χ2n) is 5.34. The standard InChI is InChI=1S/C14H23N5O2/c1-19(2)8-7-16-14-15-6-5-12(18-14)13(20)17-10-11-4-3-9-21-11/h5-6,11H,3-4,7-10H2,1-2H3,(H,17,20)(H,15,16,18). The number of ether oxygens (including phenoxy) is 1. The predicted molar refractivity (Wildman–Crippen MR) is 80.4 cm³/mol. The van der Waals surface area contributed by atoms with Gasteiger partial charge in [0, 0.05) is 32.4 Å². The fraction of sp³-hybridized carbons (Fsp3) is 0.643. The summed E-state index contributed by atoms with van der Waals surface area (Å²) in [4.78, 5) is 22.4. The van der Waals surface area contributed by atoms with Crippen molar-refractivity contribution in [3.8, 4) is 0 Å². The van der Waals surface area contributed by atoms with Crippen LogP contribution in [-0.2, 0) is 4.74 Å². The molecule has 1 aromatic rings. The van der Waals surface area contributed by atoms with Crippen LogP contribution < -0.4 is 10.6 Å². The van der Waals surface area contributed by atoms with E-state index in [0.29, 0.717) is 18.2 Å². The highest BCUT2D eigenvalue weighted by atomic mass is 16.5. The van der Waals surface area contributed by atoms with Crippen molar-refractivity contribution in [1.29, 1.82) is 0 Å². The molecule has 0 aliphatic carbocycles. The molecule has 2 N–H and O–H groups in total. The molecule has 1 saturated heterocycles. The van der Waals surface area contributed by atoms with Crippen LogP contribution in [0, 0.1) is 0 Å². The highest BCUT2D eigenvalue weighted by molar-refractivity contribution is 5.92. The minimum absolute atomic E-state index is 0.133. The molecule has 21 heavy (non-hydrogen) atoms. The van der Waals surface area contributed by atoms with Crippen LogP contribution in [0.1, 0.15) is 23.3 Å². The Labute approximate surface area is 125 Å². The number of nitrogens with one attached hydrogen (secondary N) is 2. The van der Waals surface area contributed by atoms with Crippen LogP contribution in [0.3, 0.4) is 0 Å². The van der Waals surface area contributed by atoms with Crippen molar-refractivity contribution in [1.82, 2.24) is 20.2 Å². The molecule has 1 aliphatic rings. The smallest absolute Gasteiger partial charge is 0.270 e. The van der Waals surface area contributed by atoms with Gasteiger partial charge in [0.25, 0.3) is 5.91 Å². The Balaban J connectivity index is 1.82. The Morgan fingerprint density at radius 3 is 3.10 bits per heavy atom. The summed E-state index contributed by atoms with van der Waals surface area (Å²) in [5, 5.41) is 5.95. The van der Waals surface area contributed by atoms with Crippen LogP contribution in [0.2, 0.25) is 0 Å². The van der Waals surface area contributed by atoms with Crippen molar-refractivity contribution in [3.05, 3.63) is 18.0 Å². The molecule has 0 radical (unpaired) electrons. The van der Waals surface area contributed by atoms with E-state index < -0.39 is 0 Å². The Bertz CT molecular complexity index is 460. The lowest BCUT2D eigenvalue weighted by Crippen LogP contribution is -2.32. The summed E-state index contributed by atoms with van der Waals surface area (Å²) >= 11 is 0. The van der Waals surface area contributed by atoms with E-state index in [4.69, 9.17) is 4.74 Å². The first-order valence-corrected chi connectivity index (χ1v) is 7.26. The molecule has 7 heteroatoms. The third-order valence-corrected chi connectivity index (χ3v) is 3.24. The predicted octanol–water partition coefficient (Wildman–Crippen LogP) is 0.359. The van der Waals surface area contributed by atoms with Gasteiger partial charge in [0.1, 0.15) is 5.69 Å². The molecule has 1 aromatic heterocycles. The highest BCUT2D eigenvalue weighted by Gasteiger charge is 2.17. The number of aromatic nitrogens is 2.